The first-order valence-corrected chi connectivity index (χ1v) is 11.3. The van der Waals surface area contributed by atoms with Gasteiger partial charge in [-0.1, -0.05) is 5.16 Å². The van der Waals surface area contributed by atoms with Crippen molar-refractivity contribution < 1.29 is 17.7 Å². The van der Waals surface area contributed by atoms with Crippen LogP contribution in [0.25, 0.3) is 0 Å². The van der Waals surface area contributed by atoms with Crippen LogP contribution in [-0.2, 0) is 14.8 Å². The molecule has 4 rings (SSSR count). The average Bonchev–Trinajstić information content (AvgIpc) is 3.08. The Bertz CT molecular complexity index is 1150. The highest BCUT2D eigenvalue weighted by atomic mass is 32.2. The van der Waals surface area contributed by atoms with Crippen molar-refractivity contribution in [3.8, 4) is 0 Å². The summed E-state index contributed by atoms with van der Waals surface area (Å²) in [7, 11) is -3.79. The lowest BCUT2D eigenvalue weighted by Gasteiger charge is -2.28. The molecule has 164 valence electrons. The number of aryl methyl sites for hydroxylation is 3. The average molecular weight is 445 g/mol. The van der Waals surface area contributed by atoms with Crippen molar-refractivity contribution in [3.05, 3.63) is 47.5 Å². The van der Waals surface area contributed by atoms with Crippen molar-refractivity contribution in [2.75, 3.05) is 41.2 Å². The van der Waals surface area contributed by atoms with Gasteiger partial charge in [0.05, 0.1) is 13.2 Å². The molecule has 3 aromatic rings. The number of nitrogens with zero attached hydrogens (tertiary/aromatic N) is 4. The molecule has 1 aromatic carbocycles. The standard InChI is InChI=1S/C20H24N6O4S/c1-13-12-18(26-8-10-29-11-9-26)23-20(21-13)22-16-4-6-17(7-5-16)25-31(27,28)19-14(2)24-30-15(19)3/h4-7,12,25H,8-11H2,1-3H3,(H,21,22,23). The van der Waals surface area contributed by atoms with Crippen LogP contribution in [0, 0.1) is 20.8 Å². The molecular formula is C20H24N6O4S. The molecule has 11 heteroatoms. The Morgan fingerprint density at radius 2 is 1.68 bits per heavy atom. The highest BCUT2D eigenvalue weighted by molar-refractivity contribution is 7.92. The summed E-state index contributed by atoms with van der Waals surface area (Å²) in [6, 6.07) is 8.78. The summed E-state index contributed by atoms with van der Waals surface area (Å²) >= 11 is 0. The molecule has 0 radical (unpaired) electrons. The van der Waals surface area contributed by atoms with Gasteiger partial charge in [0.15, 0.2) is 10.7 Å². The van der Waals surface area contributed by atoms with Crippen LogP contribution in [0.5, 0.6) is 0 Å². The number of aromatic nitrogens is 3. The molecule has 2 N–H and O–H groups in total. The zero-order valence-corrected chi connectivity index (χ0v) is 18.4. The summed E-state index contributed by atoms with van der Waals surface area (Å²) in [4.78, 5) is 11.3. The lowest BCUT2D eigenvalue weighted by molar-refractivity contribution is 0.122. The van der Waals surface area contributed by atoms with Crippen molar-refractivity contribution in [1.29, 1.82) is 0 Å². The molecular weight excluding hydrogens is 420 g/mol. The van der Waals surface area contributed by atoms with E-state index in [1.165, 1.54) is 0 Å². The van der Waals surface area contributed by atoms with Gasteiger partial charge < -0.3 is 19.5 Å². The Kier molecular flexibility index (Phi) is 5.79. The molecule has 0 spiro atoms. The van der Waals surface area contributed by atoms with Gasteiger partial charge in [-0.2, -0.15) is 4.98 Å². The molecule has 0 amide bonds. The van der Waals surface area contributed by atoms with E-state index in [2.05, 4.69) is 30.1 Å². The minimum Gasteiger partial charge on any atom is -0.378 e. The zero-order valence-electron chi connectivity index (χ0n) is 17.5. The minimum absolute atomic E-state index is 0.0542. The van der Waals surface area contributed by atoms with Crippen molar-refractivity contribution in [2.24, 2.45) is 0 Å². The molecule has 10 nitrogen and oxygen atoms in total. The van der Waals surface area contributed by atoms with Crippen molar-refractivity contribution in [2.45, 2.75) is 25.7 Å². The summed E-state index contributed by atoms with van der Waals surface area (Å²) in [6.07, 6.45) is 0. The number of rotatable bonds is 6. The third-order valence-electron chi connectivity index (χ3n) is 4.81. The Balaban J connectivity index is 1.48. The third kappa shape index (κ3) is 4.78. The first kappa shape index (κ1) is 21.1. The molecule has 0 bridgehead atoms. The van der Waals surface area contributed by atoms with Gasteiger partial charge in [0, 0.05) is 36.2 Å². The molecule has 0 saturated carbocycles. The van der Waals surface area contributed by atoms with Gasteiger partial charge in [-0.25, -0.2) is 13.4 Å². The first-order chi connectivity index (χ1) is 14.8. The van der Waals surface area contributed by atoms with Crippen LogP contribution in [-0.4, -0.2) is 49.8 Å². The van der Waals surface area contributed by atoms with Crippen LogP contribution in [0.1, 0.15) is 17.1 Å². The Hall–Kier alpha value is -3.18. The van der Waals surface area contributed by atoms with Crippen molar-refractivity contribution in [3.63, 3.8) is 0 Å². The minimum atomic E-state index is -3.79. The van der Waals surface area contributed by atoms with E-state index in [1.807, 2.05) is 13.0 Å². The Morgan fingerprint density at radius 3 is 2.32 bits per heavy atom. The molecule has 0 atom stereocenters. The summed E-state index contributed by atoms with van der Waals surface area (Å²) < 4.78 is 38.2. The third-order valence-corrected chi connectivity index (χ3v) is 6.43. The fourth-order valence-electron chi connectivity index (χ4n) is 3.38. The van der Waals surface area contributed by atoms with Gasteiger partial charge in [0.2, 0.25) is 5.95 Å². The van der Waals surface area contributed by atoms with Crippen LogP contribution >= 0.6 is 0 Å². The fraction of sp³-hybridized carbons (Fsp3) is 0.350. The smallest absolute Gasteiger partial charge is 0.267 e. The van der Waals surface area contributed by atoms with E-state index in [4.69, 9.17) is 9.26 Å². The topological polar surface area (TPSA) is 122 Å². The largest absolute Gasteiger partial charge is 0.378 e. The van der Waals surface area contributed by atoms with Crippen molar-refractivity contribution in [1.82, 2.24) is 15.1 Å². The number of anilines is 4. The number of morpholine rings is 1. The van der Waals surface area contributed by atoms with Gasteiger partial charge in [0.1, 0.15) is 11.5 Å². The zero-order chi connectivity index (χ0) is 22.0. The van der Waals surface area contributed by atoms with Gasteiger partial charge in [-0.15, -0.1) is 0 Å². The number of benzene rings is 1. The lowest BCUT2D eigenvalue weighted by atomic mass is 10.3. The number of ether oxygens (including phenoxy) is 1. The maximum atomic E-state index is 12.6. The highest BCUT2D eigenvalue weighted by Crippen LogP contribution is 2.24. The second kappa shape index (κ2) is 8.52. The molecule has 1 saturated heterocycles. The molecule has 1 aliphatic heterocycles. The number of hydrogen-bond donors (Lipinski definition) is 2. The van der Waals surface area contributed by atoms with Crippen molar-refractivity contribution >= 4 is 33.2 Å². The van der Waals surface area contributed by atoms with E-state index in [-0.39, 0.29) is 10.7 Å². The number of hydrogen-bond acceptors (Lipinski definition) is 9. The maximum Gasteiger partial charge on any atom is 0.267 e. The predicted octanol–water partition coefficient (Wildman–Crippen LogP) is 2.77. The van der Waals surface area contributed by atoms with Crippen LogP contribution in [0.2, 0.25) is 0 Å². The van der Waals surface area contributed by atoms with Gasteiger partial charge in [-0.05, 0) is 45.0 Å². The van der Waals surface area contributed by atoms with Crippen LogP contribution in [0.3, 0.4) is 0 Å². The molecule has 1 fully saturated rings. The van der Waals surface area contributed by atoms with E-state index in [9.17, 15) is 8.42 Å². The quantitative estimate of drug-likeness (QED) is 0.591. The summed E-state index contributed by atoms with van der Waals surface area (Å²) in [5.41, 5.74) is 2.32. The predicted molar refractivity (Wildman–Crippen MR) is 116 cm³/mol. The summed E-state index contributed by atoms with van der Waals surface area (Å²) in [6.45, 7) is 8.00. The number of nitrogens with one attached hydrogen (secondary N) is 2. The molecule has 31 heavy (non-hydrogen) atoms. The number of sulfonamides is 1. The first-order valence-electron chi connectivity index (χ1n) is 9.83. The van der Waals surface area contributed by atoms with E-state index in [0.717, 1.165) is 30.3 Å². The van der Waals surface area contributed by atoms with Crippen LogP contribution < -0.4 is 14.9 Å². The van der Waals surface area contributed by atoms with Gasteiger partial charge in [-0.3, -0.25) is 4.72 Å². The SMILES string of the molecule is Cc1cc(N2CCOCC2)nc(Nc2ccc(NS(=O)(=O)c3c(C)noc3C)cc2)n1. The van der Waals surface area contributed by atoms with E-state index in [0.29, 0.717) is 30.5 Å². The molecule has 2 aromatic heterocycles. The van der Waals surface area contributed by atoms with Crippen LogP contribution in [0.15, 0.2) is 39.8 Å². The van der Waals surface area contributed by atoms with E-state index in [1.54, 1.807) is 38.1 Å². The second-order valence-electron chi connectivity index (χ2n) is 7.25. The second-order valence-corrected chi connectivity index (χ2v) is 8.87. The molecule has 0 aliphatic carbocycles. The maximum absolute atomic E-state index is 12.6. The summed E-state index contributed by atoms with van der Waals surface area (Å²) in [5, 5.41) is 6.88. The molecule has 0 unspecified atom stereocenters. The molecule has 3 heterocycles. The fourth-order valence-corrected chi connectivity index (χ4v) is 4.77. The van der Waals surface area contributed by atoms with E-state index >= 15 is 0 Å². The van der Waals surface area contributed by atoms with Gasteiger partial charge in [0.25, 0.3) is 10.0 Å². The lowest BCUT2D eigenvalue weighted by Crippen LogP contribution is -2.36. The highest BCUT2D eigenvalue weighted by Gasteiger charge is 2.24. The summed E-state index contributed by atoms with van der Waals surface area (Å²) in [5.74, 6) is 1.57. The van der Waals surface area contributed by atoms with Gasteiger partial charge >= 0.3 is 0 Å². The monoisotopic (exact) mass is 444 g/mol. The van der Waals surface area contributed by atoms with E-state index < -0.39 is 10.0 Å². The Morgan fingerprint density at radius 1 is 1.00 bits per heavy atom. The molecule has 1 aliphatic rings. The van der Waals surface area contributed by atoms with Crippen LogP contribution in [0.4, 0.5) is 23.1 Å². The normalized spacial score (nSPS) is 14.5. The Labute approximate surface area is 180 Å².